The van der Waals surface area contributed by atoms with Gasteiger partial charge in [0.1, 0.15) is 0 Å². The van der Waals surface area contributed by atoms with E-state index in [1.54, 1.807) is 21.3 Å². The molecule has 0 saturated heterocycles. The Kier molecular flexibility index (Phi) is 6.72. The average Bonchev–Trinajstić information content (AvgIpc) is 2.65. The van der Waals surface area contributed by atoms with Gasteiger partial charge in [-0.25, -0.2) is 4.79 Å². The quantitative estimate of drug-likeness (QED) is 0.780. The van der Waals surface area contributed by atoms with Crippen molar-refractivity contribution in [3.05, 3.63) is 47.5 Å². The van der Waals surface area contributed by atoms with Crippen molar-refractivity contribution in [3.63, 3.8) is 0 Å². The van der Waals surface area contributed by atoms with Crippen LogP contribution in [-0.2, 0) is 6.54 Å². The highest BCUT2D eigenvalue weighted by Crippen LogP contribution is 2.38. The van der Waals surface area contributed by atoms with Gasteiger partial charge in [0.25, 0.3) is 0 Å². The minimum absolute atomic E-state index is 0.271. The van der Waals surface area contributed by atoms with Crippen molar-refractivity contribution in [2.75, 3.05) is 26.6 Å². The Bertz CT molecular complexity index is 734. The van der Waals surface area contributed by atoms with Gasteiger partial charge in [0.05, 0.1) is 21.3 Å². The maximum absolute atomic E-state index is 12.3. The highest BCUT2D eigenvalue weighted by Gasteiger charge is 2.14. The van der Waals surface area contributed by atoms with Crippen molar-refractivity contribution in [2.24, 2.45) is 0 Å². The third kappa shape index (κ3) is 4.59. The summed E-state index contributed by atoms with van der Waals surface area (Å²) in [6, 6.07) is 11.1. The van der Waals surface area contributed by atoms with Crippen LogP contribution in [0, 0.1) is 0 Å². The molecule has 0 aliphatic carbocycles. The third-order valence-corrected chi connectivity index (χ3v) is 4.01. The topological polar surface area (TPSA) is 68.8 Å². The zero-order chi connectivity index (χ0) is 19.1. The summed E-state index contributed by atoms with van der Waals surface area (Å²) in [7, 11) is 4.67. The highest BCUT2D eigenvalue weighted by atomic mass is 16.5. The van der Waals surface area contributed by atoms with Crippen molar-refractivity contribution in [1.82, 2.24) is 5.32 Å². The minimum atomic E-state index is -0.271. The molecule has 0 saturated carbocycles. The zero-order valence-electron chi connectivity index (χ0n) is 15.9. The monoisotopic (exact) mass is 358 g/mol. The fourth-order valence-electron chi connectivity index (χ4n) is 2.70. The van der Waals surface area contributed by atoms with E-state index in [0.29, 0.717) is 29.7 Å². The highest BCUT2D eigenvalue weighted by molar-refractivity contribution is 5.90. The number of rotatable bonds is 7. The molecule has 26 heavy (non-hydrogen) atoms. The Morgan fingerprint density at radius 3 is 2.15 bits per heavy atom. The molecule has 0 unspecified atom stereocenters. The molecular formula is C20H26N2O4. The van der Waals surface area contributed by atoms with Gasteiger partial charge in [0.2, 0.25) is 5.75 Å². The Morgan fingerprint density at radius 2 is 1.62 bits per heavy atom. The molecule has 2 aromatic carbocycles. The van der Waals surface area contributed by atoms with Gasteiger partial charge in [-0.05, 0) is 35.2 Å². The van der Waals surface area contributed by atoms with Crippen LogP contribution in [0.5, 0.6) is 17.2 Å². The predicted octanol–water partition coefficient (Wildman–Crippen LogP) is 4.16. The summed E-state index contributed by atoms with van der Waals surface area (Å²) in [6.45, 7) is 4.51. The van der Waals surface area contributed by atoms with E-state index in [1.165, 1.54) is 0 Å². The molecule has 0 fully saturated rings. The first-order chi connectivity index (χ1) is 12.5. The maximum atomic E-state index is 12.3. The molecule has 0 aliphatic heterocycles. The second-order valence-corrected chi connectivity index (χ2v) is 6.08. The van der Waals surface area contributed by atoms with E-state index in [2.05, 4.69) is 24.5 Å². The van der Waals surface area contributed by atoms with Crippen LogP contribution in [-0.4, -0.2) is 27.4 Å². The summed E-state index contributed by atoms with van der Waals surface area (Å²) in [6.07, 6.45) is 0. The van der Waals surface area contributed by atoms with Crippen LogP contribution < -0.4 is 24.8 Å². The lowest BCUT2D eigenvalue weighted by Gasteiger charge is -2.16. The van der Waals surface area contributed by atoms with Gasteiger partial charge in [0.15, 0.2) is 11.5 Å². The maximum Gasteiger partial charge on any atom is 0.319 e. The molecule has 0 aromatic heterocycles. The standard InChI is InChI=1S/C20H26N2O4/c1-13(2)15-8-6-7-9-16(15)22-20(23)21-12-14-10-17(24-3)19(26-5)18(11-14)25-4/h6-11,13H,12H2,1-5H3,(H2,21,22,23). The molecule has 2 rings (SSSR count). The van der Waals surface area contributed by atoms with Gasteiger partial charge in [-0.15, -0.1) is 0 Å². The Balaban J connectivity index is 2.08. The lowest BCUT2D eigenvalue weighted by Crippen LogP contribution is -2.28. The van der Waals surface area contributed by atoms with Gasteiger partial charge >= 0.3 is 6.03 Å². The Labute approximate surface area is 154 Å². The first-order valence-electron chi connectivity index (χ1n) is 8.42. The lowest BCUT2D eigenvalue weighted by atomic mass is 10.0. The number of amides is 2. The van der Waals surface area contributed by atoms with E-state index >= 15 is 0 Å². The van der Waals surface area contributed by atoms with E-state index < -0.39 is 0 Å². The van der Waals surface area contributed by atoms with Gasteiger partial charge in [-0.1, -0.05) is 32.0 Å². The van der Waals surface area contributed by atoms with Gasteiger partial charge < -0.3 is 24.8 Å². The number of hydrogen-bond acceptors (Lipinski definition) is 4. The van der Waals surface area contributed by atoms with Crippen molar-refractivity contribution in [2.45, 2.75) is 26.3 Å². The number of para-hydroxylation sites is 1. The number of carbonyl (C=O) groups is 1. The fraction of sp³-hybridized carbons (Fsp3) is 0.350. The number of hydrogen-bond donors (Lipinski definition) is 2. The van der Waals surface area contributed by atoms with Crippen molar-refractivity contribution >= 4 is 11.7 Å². The first-order valence-corrected chi connectivity index (χ1v) is 8.42. The molecule has 140 valence electrons. The summed E-state index contributed by atoms with van der Waals surface area (Å²) in [5.41, 5.74) is 2.74. The number of methoxy groups -OCH3 is 3. The Morgan fingerprint density at radius 1 is 1.00 bits per heavy atom. The average molecular weight is 358 g/mol. The molecule has 0 radical (unpaired) electrons. The largest absolute Gasteiger partial charge is 0.493 e. The van der Waals surface area contributed by atoms with Crippen LogP contribution in [0.4, 0.5) is 10.5 Å². The van der Waals surface area contributed by atoms with Crippen LogP contribution in [0.1, 0.15) is 30.9 Å². The fourth-order valence-corrected chi connectivity index (χ4v) is 2.70. The summed E-state index contributed by atoms with van der Waals surface area (Å²) >= 11 is 0. The van der Waals surface area contributed by atoms with Gasteiger partial charge in [-0.2, -0.15) is 0 Å². The van der Waals surface area contributed by atoms with Crippen LogP contribution in [0.2, 0.25) is 0 Å². The number of benzene rings is 2. The molecule has 2 aromatic rings. The number of ether oxygens (including phenoxy) is 3. The Hall–Kier alpha value is -2.89. The van der Waals surface area contributed by atoms with E-state index in [9.17, 15) is 4.79 Å². The molecule has 0 heterocycles. The number of carbonyl (C=O) groups excluding carboxylic acids is 1. The minimum Gasteiger partial charge on any atom is -0.493 e. The number of anilines is 1. The zero-order valence-corrected chi connectivity index (χ0v) is 15.9. The van der Waals surface area contributed by atoms with Crippen molar-refractivity contribution in [3.8, 4) is 17.2 Å². The van der Waals surface area contributed by atoms with Crippen molar-refractivity contribution in [1.29, 1.82) is 0 Å². The van der Waals surface area contributed by atoms with Crippen LogP contribution >= 0.6 is 0 Å². The summed E-state index contributed by atoms with van der Waals surface area (Å²) < 4.78 is 16.0. The number of nitrogens with one attached hydrogen (secondary N) is 2. The van der Waals surface area contributed by atoms with Gasteiger partial charge in [-0.3, -0.25) is 0 Å². The van der Waals surface area contributed by atoms with E-state index in [-0.39, 0.29) is 6.03 Å². The molecule has 0 bridgehead atoms. The molecular weight excluding hydrogens is 332 g/mol. The molecule has 0 aliphatic rings. The molecule has 0 spiro atoms. The van der Waals surface area contributed by atoms with Crippen LogP contribution in [0.25, 0.3) is 0 Å². The molecule has 2 amide bonds. The number of urea groups is 1. The first kappa shape index (κ1) is 19.4. The molecule has 2 N–H and O–H groups in total. The summed E-state index contributed by atoms with van der Waals surface area (Å²) in [5.74, 6) is 1.94. The normalized spacial score (nSPS) is 10.4. The van der Waals surface area contributed by atoms with Crippen LogP contribution in [0.3, 0.4) is 0 Å². The van der Waals surface area contributed by atoms with E-state index in [1.807, 2.05) is 36.4 Å². The predicted molar refractivity (Wildman–Crippen MR) is 102 cm³/mol. The summed E-state index contributed by atoms with van der Waals surface area (Å²) in [5, 5.41) is 5.76. The lowest BCUT2D eigenvalue weighted by molar-refractivity contribution is 0.251. The second kappa shape index (κ2) is 8.99. The SMILES string of the molecule is COc1cc(CNC(=O)Nc2ccccc2C(C)C)cc(OC)c1OC. The second-order valence-electron chi connectivity index (χ2n) is 6.08. The van der Waals surface area contributed by atoms with E-state index in [0.717, 1.165) is 16.8 Å². The molecule has 6 nitrogen and oxygen atoms in total. The summed E-state index contributed by atoms with van der Waals surface area (Å²) in [4.78, 5) is 12.3. The van der Waals surface area contributed by atoms with Crippen LogP contribution in [0.15, 0.2) is 36.4 Å². The molecule has 0 atom stereocenters. The molecule has 6 heteroatoms. The van der Waals surface area contributed by atoms with Crippen molar-refractivity contribution < 1.29 is 19.0 Å². The smallest absolute Gasteiger partial charge is 0.319 e. The van der Waals surface area contributed by atoms with E-state index in [4.69, 9.17) is 14.2 Å². The van der Waals surface area contributed by atoms with Gasteiger partial charge in [0, 0.05) is 12.2 Å². The third-order valence-electron chi connectivity index (χ3n) is 4.01.